The molecule has 0 radical (unpaired) electrons. The van der Waals surface area contributed by atoms with Crippen molar-refractivity contribution in [1.29, 1.82) is 0 Å². The topological polar surface area (TPSA) is 80.2 Å². The molecule has 140 valence electrons. The minimum atomic E-state index is 0.787. The first kappa shape index (κ1) is 17.2. The van der Waals surface area contributed by atoms with Crippen LogP contribution in [0.2, 0.25) is 0 Å². The van der Waals surface area contributed by atoms with Gasteiger partial charge in [-0.1, -0.05) is 6.07 Å². The van der Waals surface area contributed by atoms with Gasteiger partial charge < -0.3 is 0 Å². The van der Waals surface area contributed by atoms with Gasteiger partial charge in [0.05, 0.1) is 22.4 Å². The Morgan fingerprint density at radius 1 is 0.759 bits per heavy atom. The van der Waals surface area contributed by atoms with E-state index in [1.807, 2.05) is 74.9 Å². The van der Waals surface area contributed by atoms with E-state index in [0.29, 0.717) is 0 Å². The number of aromatic amines is 1. The summed E-state index contributed by atoms with van der Waals surface area (Å²) in [5.41, 5.74) is 9.04. The number of hydrogen-bond donors (Lipinski definition) is 1. The lowest BCUT2D eigenvalue weighted by Gasteiger charge is -2.06. The number of fused-ring (bicyclic) bond motifs is 1. The monoisotopic (exact) mass is 378 g/mol. The van der Waals surface area contributed by atoms with Gasteiger partial charge in [0.1, 0.15) is 5.69 Å². The van der Waals surface area contributed by atoms with Gasteiger partial charge in [0.25, 0.3) is 0 Å². The van der Waals surface area contributed by atoms with Gasteiger partial charge in [-0.3, -0.25) is 20.1 Å². The Balaban J connectivity index is 1.61. The molecule has 0 saturated carbocycles. The molecule has 5 rings (SSSR count). The highest BCUT2D eigenvalue weighted by Crippen LogP contribution is 2.30. The van der Waals surface area contributed by atoms with Crippen LogP contribution in [-0.2, 0) is 0 Å². The number of aryl methyl sites for hydroxylation is 2. The fourth-order valence-corrected chi connectivity index (χ4v) is 3.39. The number of aromatic nitrogens is 6. The fourth-order valence-electron chi connectivity index (χ4n) is 3.39. The van der Waals surface area contributed by atoms with Crippen LogP contribution in [0.1, 0.15) is 11.4 Å². The van der Waals surface area contributed by atoms with Gasteiger partial charge in [0, 0.05) is 41.1 Å². The third-order valence-corrected chi connectivity index (χ3v) is 4.81. The summed E-state index contributed by atoms with van der Waals surface area (Å²) < 4.78 is 0. The van der Waals surface area contributed by atoms with Crippen molar-refractivity contribution in [3.8, 4) is 33.8 Å². The molecule has 0 aliphatic rings. The maximum absolute atomic E-state index is 4.87. The Kier molecular flexibility index (Phi) is 4.09. The zero-order valence-corrected chi connectivity index (χ0v) is 16.1. The van der Waals surface area contributed by atoms with E-state index in [1.54, 1.807) is 0 Å². The molecular formula is C23H18N6. The lowest BCUT2D eigenvalue weighted by atomic mass is 10.1. The lowest BCUT2D eigenvalue weighted by Crippen LogP contribution is -1.92. The highest BCUT2D eigenvalue weighted by molar-refractivity contribution is 5.85. The van der Waals surface area contributed by atoms with Gasteiger partial charge in [-0.2, -0.15) is 5.10 Å². The molecule has 0 fully saturated rings. The van der Waals surface area contributed by atoms with Gasteiger partial charge in [0.2, 0.25) is 0 Å². The molecule has 5 aromatic rings. The summed E-state index contributed by atoms with van der Waals surface area (Å²) in [6.45, 7) is 3.95. The summed E-state index contributed by atoms with van der Waals surface area (Å²) in [6.07, 6.45) is 5.54. The zero-order valence-electron chi connectivity index (χ0n) is 16.1. The van der Waals surface area contributed by atoms with Crippen molar-refractivity contribution in [2.45, 2.75) is 13.8 Å². The average molecular weight is 378 g/mol. The highest BCUT2D eigenvalue weighted by Gasteiger charge is 2.14. The molecule has 5 aromatic heterocycles. The number of pyridine rings is 4. The third-order valence-electron chi connectivity index (χ3n) is 4.81. The van der Waals surface area contributed by atoms with Crippen LogP contribution in [0, 0.1) is 13.8 Å². The number of nitrogens with zero attached hydrogens (tertiary/aromatic N) is 5. The van der Waals surface area contributed by atoms with Gasteiger partial charge in [0.15, 0.2) is 0 Å². The standard InChI is InChI=1S/C23H18N6/c1-14-4-3-5-21(27-14)23-18(13-26-29-23)19-6-7-20-22(28-19)11-17(12-25-20)16-8-9-24-15(2)10-16/h3-13H,1-2H3,(H,26,29). The maximum atomic E-state index is 4.87. The van der Waals surface area contributed by atoms with Crippen LogP contribution in [0.3, 0.4) is 0 Å². The molecule has 0 aliphatic carbocycles. The molecule has 0 atom stereocenters. The Bertz CT molecular complexity index is 1340. The molecule has 0 spiro atoms. The molecule has 29 heavy (non-hydrogen) atoms. The fraction of sp³-hybridized carbons (Fsp3) is 0.0870. The van der Waals surface area contributed by atoms with Crippen LogP contribution in [0.4, 0.5) is 0 Å². The van der Waals surface area contributed by atoms with Crippen LogP contribution in [0.15, 0.2) is 67.1 Å². The van der Waals surface area contributed by atoms with Crippen LogP contribution < -0.4 is 0 Å². The largest absolute Gasteiger partial charge is 0.284 e. The van der Waals surface area contributed by atoms with Gasteiger partial charge >= 0.3 is 0 Å². The average Bonchev–Trinajstić information content (AvgIpc) is 3.23. The molecule has 0 saturated heterocycles. The summed E-state index contributed by atoms with van der Waals surface area (Å²) in [4.78, 5) is 18.3. The highest BCUT2D eigenvalue weighted by atomic mass is 15.1. The summed E-state index contributed by atoms with van der Waals surface area (Å²) in [6, 6.07) is 16.0. The van der Waals surface area contributed by atoms with E-state index in [0.717, 1.165) is 56.2 Å². The van der Waals surface area contributed by atoms with E-state index in [9.17, 15) is 0 Å². The van der Waals surface area contributed by atoms with Gasteiger partial charge in [-0.15, -0.1) is 0 Å². The van der Waals surface area contributed by atoms with Gasteiger partial charge in [-0.05, 0) is 61.9 Å². The minimum Gasteiger partial charge on any atom is -0.284 e. The van der Waals surface area contributed by atoms with E-state index >= 15 is 0 Å². The molecule has 1 N–H and O–H groups in total. The molecule has 0 unspecified atom stereocenters. The van der Waals surface area contributed by atoms with Crippen molar-refractivity contribution < 1.29 is 0 Å². The number of hydrogen-bond acceptors (Lipinski definition) is 5. The molecule has 0 bridgehead atoms. The van der Waals surface area contributed by atoms with Crippen LogP contribution in [0.25, 0.3) is 44.8 Å². The van der Waals surface area contributed by atoms with Crippen molar-refractivity contribution in [2.75, 3.05) is 0 Å². The predicted molar refractivity (Wildman–Crippen MR) is 113 cm³/mol. The SMILES string of the molecule is Cc1cc(-c2cnc3ccc(-c4c[nH]nc4-c4cccc(C)n4)nc3c2)ccn1. The van der Waals surface area contributed by atoms with Crippen LogP contribution >= 0.6 is 0 Å². The molecule has 0 aromatic carbocycles. The maximum Gasteiger partial charge on any atom is 0.120 e. The summed E-state index contributed by atoms with van der Waals surface area (Å²) >= 11 is 0. The minimum absolute atomic E-state index is 0.787. The normalized spacial score (nSPS) is 11.1. The molecule has 0 amide bonds. The molecule has 6 heteroatoms. The first-order valence-electron chi connectivity index (χ1n) is 9.35. The van der Waals surface area contributed by atoms with E-state index in [4.69, 9.17) is 4.98 Å². The van der Waals surface area contributed by atoms with Crippen molar-refractivity contribution in [2.24, 2.45) is 0 Å². The van der Waals surface area contributed by atoms with E-state index in [1.165, 1.54) is 0 Å². The summed E-state index contributed by atoms with van der Waals surface area (Å²) in [5, 5.41) is 7.36. The van der Waals surface area contributed by atoms with Gasteiger partial charge in [-0.25, -0.2) is 4.98 Å². The number of rotatable bonds is 3. The van der Waals surface area contributed by atoms with E-state index in [-0.39, 0.29) is 0 Å². The van der Waals surface area contributed by atoms with Crippen molar-refractivity contribution in [1.82, 2.24) is 30.1 Å². The van der Waals surface area contributed by atoms with E-state index < -0.39 is 0 Å². The molecule has 0 aliphatic heterocycles. The lowest BCUT2D eigenvalue weighted by molar-refractivity contribution is 1.08. The van der Waals surface area contributed by atoms with Crippen molar-refractivity contribution in [3.05, 3.63) is 78.5 Å². The Morgan fingerprint density at radius 2 is 1.69 bits per heavy atom. The van der Waals surface area contributed by atoms with Crippen molar-refractivity contribution >= 4 is 11.0 Å². The number of H-pyrrole nitrogens is 1. The molecule has 5 heterocycles. The second-order valence-electron chi connectivity index (χ2n) is 6.96. The predicted octanol–water partition coefficient (Wildman–Crippen LogP) is 4.76. The molecular weight excluding hydrogens is 360 g/mol. The number of nitrogens with one attached hydrogen (secondary N) is 1. The summed E-state index contributed by atoms with van der Waals surface area (Å²) in [5.74, 6) is 0. The van der Waals surface area contributed by atoms with E-state index in [2.05, 4.69) is 31.2 Å². The second kappa shape index (κ2) is 6.91. The second-order valence-corrected chi connectivity index (χ2v) is 6.96. The Labute approximate surface area is 167 Å². The van der Waals surface area contributed by atoms with Crippen LogP contribution in [0.5, 0.6) is 0 Å². The quantitative estimate of drug-likeness (QED) is 0.489. The zero-order chi connectivity index (χ0) is 19.8. The van der Waals surface area contributed by atoms with Crippen LogP contribution in [-0.4, -0.2) is 30.1 Å². The smallest absolute Gasteiger partial charge is 0.120 e. The first-order chi connectivity index (χ1) is 14.2. The third kappa shape index (κ3) is 3.25. The summed E-state index contributed by atoms with van der Waals surface area (Å²) in [7, 11) is 0. The van der Waals surface area contributed by atoms with Crippen molar-refractivity contribution in [3.63, 3.8) is 0 Å². The molecule has 6 nitrogen and oxygen atoms in total. The Morgan fingerprint density at radius 3 is 2.55 bits per heavy atom. The first-order valence-corrected chi connectivity index (χ1v) is 9.35. The Hall–Kier alpha value is -3.93.